The number of nitrogens with one attached hydrogen (secondary N) is 1. The number of methoxy groups -OCH3 is 2. The number of benzene rings is 4. The van der Waals surface area contributed by atoms with Crippen LogP contribution in [0.2, 0.25) is 10.0 Å². The van der Waals surface area contributed by atoms with E-state index >= 15 is 0 Å². The van der Waals surface area contributed by atoms with Gasteiger partial charge in [0.15, 0.2) is 10.3 Å². The molecule has 2 saturated carbocycles. The number of nitrogens with zero attached hydrogens (tertiary/aromatic N) is 2. The predicted octanol–water partition coefficient (Wildman–Crippen LogP) is 9.85. The molecule has 0 bridgehead atoms. The lowest BCUT2D eigenvalue weighted by Crippen LogP contribution is -2.27. The van der Waals surface area contributed by atoms with Crippen molar-refractivity contribution in [1.82, 2.24) is 9.97 Å². The largest absolute Gasteiger partial charge is 0.497 e. The summed E-state index contributed by atoms with van der Waals surface area (Å²) >= 11 is 15.2. The van der Waals surface area contributed by atoms with E-state index in [9.17, 15) is 9.59 Å². The number of nitrogen functional groups attached to an aromatic ring is 1. The molecule has 2 aliphatic rings. The van der Waals surface area contributed by atoms with Crippen molar-refractivity contribution in [3.05, 3.63) is 152 Å². The van der Waals surface area contributed by atoms with Crippen LogP contribution in [0.4, 0.5) is 10.3 Å². The number of carbonyl (C=O) groups is 2. The average molecular weight is 816 g/mol. The second-order valence-electron chi connectivity index (χ2n) is 13.2. The number of thiazole rings is 2. The maximum absolute atomic E-state index is 12.9. The van der Waals surface area contributed by atoms with E-state index in [1.54, 1.807) is 38.7 Å². The molecule has 284 valence electrons. The first kappa shape index (κ1) is 39.7. The Morgan fingerprint density at radius 2 is 1.16 bits per heavy atom. The summed E-state index contributed by atoms with van der Waals surface area (Å²) in [5, 5.41) is 14.8. The minimum Gasteiger partial charge on any atom is -0.497 e. The van der Waals surface area contributed by atoms with E-state index < -0.39 is 16.8 Å². The lowest BCUT2D eigenvalue weighted by atomic mass is 9.95. The van der Waals surface area contributed by atoms with Gasteiger partial charge in [-0.15, -0.1) is 22.7 Å². The van der Waals surface area contributed by atoms with Crippen molar-refractivity contribution in [2.75, 3.05) is 25.3 Å². The summed E-state index contributed by atoms with van der Waals surface area (Å²) in [7, 11) is 3.23. The molecule has 0 saturated heterocycles. The molecule has 0 spiro atoms. The zero-order valence-electron chi connectivity index (χ0n) is 30.3. The van der Waals surface area contributed by atoms with Crippen LogP contribution in [-0.4, -0.2) is 41.2 Å². The van der Waals surface area contributed by atoms with E-state index in [4.69, 9.17) is 43.5 Å². The highest BCUT2D eigenvalue weighted by Gasteiger charge is 2.52. The minimum absolute atomic E-state index is 0.00584. The quantitative estimate of drug-likeness (QED) is 0.118. The summed E-state index contributed by atoms with van der Waals surface area (Å²) in [6.45, 7) is 0. The maximum atomic E-state index is 12.9. The Hall–Kier alpha value is -4.94. The van der Waals surface area contributed by atoms with Crippen LogP contribution in [0.5, 0.6) is 11.5 Å². The van der Waals surface area contributed by atoms with Crippen LogP contribution >= 0.6 is 45.9 Å². The molecule has 13 heteroatoms. The Labute approximate surface area is 338 Å². The first-order chi connectivity index (χ1) is 26.5. The Morgan fingerprint density at radius 1 is 0.709 bits per heavy atom. The summed E-state index contributed by atoms with van der Waals surface area (Å²) in [6.07, 6.45) is 8.29. The number of carboxylic acids is 1. The molecule has 4 aromatic carbocycles. The van der Waals surface area contributed by atoms with Gasteiger partial charge in [0.25, 0.3) is 0 Å². The minimum atomic E-state index is -0.720. The van der Waals surface area contributed by atoms with Crippen LogP contribution in [0.15, 0.2) is 109 Å². The number of anilines is 2. The van der Waals surface area contributed by atoms with Crippen molar-refractivity contribution < 1.29 is 24.2 Å². The highest BCUT2D eigenvalue weighted by Crippen LogP contribution is 2.50. The third kappa shape index (κ3) is 9.84. The molecule has 9 nitrogen and oxygen atoms in total. The fraction of sp³-hybridized carbons (Fsp3) is 0.238. The van der Waals surface area contributed by atoms with E-state index in [1.165, 1.54) is 22.7 Å². The van der Waals surface area contributed by atoms with Crippen LogP contribution in [0.25, 0.3) is 0 Å². The van der Waals surface area contributed by atoms with Crippen LogP contribution < -0.4 is 20.5 Å². The topological polar surface area (TPSA) is 137 Å². The second kappa shape index (κ2) is 17.7. The van der Waals surface area contributed by atoms with E-state index in [1.807, 2.05) is 84.9 Å². The molecule has 0 unspecified atom stereocenters. The van der Waals surface area contributed by atoms with Crippen molar-refractivity contribution in [1.29, 1.82) is 0 Å². The first-order valence-electron chi connectivity index (χ1n) is 17.5. The summed E-state index contributed by atoms with van der Waals surface area (Å²) in [6, 6.07) is 30.6. The SMILES string of the molecule is COc1ccc(C2(C(=O)Nc3ncc(Cc4ccccc4Cl)s3)CC2)cc1.COc1ccc(C2(C(=O)O)CC2)cc1.Nc1ncc(Cc2ccccc2Cl)s1. The molecule has 2 aromatic heterocycles. The Balaban J connectivity index is 0.000000155. The number of aromatic nitrogens is 2. The molecule has 0 radical (unpaired) electrons. The summed E-state index contributed by atoms with van der Waals surface area (Å²) in [4.78, 5) is 34.4. The van der Waals surface area contributed by atoms with Crippen molar-refractivity contribution in [2.24, 2.45) is 0 Å². The van der Waals surface area contributed by atoms with Crippen molar-refractivity contribution in [2.45, 2.75) is 49.4 Å². The zero-order valence-corrected chi connectivity index (χ0v) is 33.4. The molecule has 8 rings (SSSR count). The molecule has 6 aromatic rings. The van der Waals surface area contributed by atoms with Gasteiger partial charge in [0, 0.05) is 45.0 Å². The van der Waals surface area contributed by atoms with Crippen LogP contribution in [-0.2, 0) is 33.3 Å². The average Bonchev–Trinajstić information content (AvgIpc) is 4.11. The van der Waals surface area contributed by atoms with Crippen LogP contribution in [0.1, 0.15) is 57.7 Å². The van der Waals surface area contributed by atoms with Gasteiger partial charge >= 0.3 is 5.97 Å². The summed E-state index contributed by atoms with van der Waals surface area (Å²) in [5.41, 5.74) is 8.56. The highest BCUT2D eigenvalue weighted by molar-refractivity contribution is 7.15. The number of rotatable bonds is 11. The van der Waals surface area contributed by atoms with Gasteiger partial charge in [-0.05, 0) is 84.3 Å². The summed E-state index contributed by atoms with van der Waals surface area (Å²) in [5.74, 6) is 0.836. The van der Waals surface area contributed by atoms with Crippen molar-refractivity contribution in [3.63, 3.8) is 0 Å². The van der Waals surface area contributed by atoms with Gasteiger partial charge in [0.1, 0.15) is 11.5 Å². The fourth-order valence-corrected chi connectivity index (χ4v) is 8.01. The van der Waals surface area contributed by atoms with Gasteiger partial charge in [-0.1, -0.05) is 83.9 Å². The number of ether oxygens (including phenoxy) is 2. The normalized spacial score (nSPS) is 14.3. The number of carbonyl (C=O) groups excluding carboxylic acids is 1. The summed E-state index contributed by atoms with van der Waals surface area (Å²) < 4.78 is 10.2. The number of nitrogens with two attached hydrogens (primary N) is 1. The van der Waals surface area contributed by atoms with Gasteiger partial charge in [0.2, 0.25) is 5.91 Å². The molecule has 1 amide bonds. The first-order valence-corrected chi connectivity index (χ1v) is 19.9. The van der Waals surface area contributed by atoms with Crippen molar-refractivity contribution >= 4 is 68.0 Å². The number of amides is 1. The standard InChI is InChI=1S/C21H19ClN2O2S.C11H12O3.C10H9ClN2S/c1-26-16-8-6-15(7-9-16)21(10-11-21)19(25)24-20-23-13-17(27-20)12-14-4-2-3-5-18(14)22;1-14-9-4-2-8(3-5-9)11(6-7-11)10(12)13;11-9-4-2-1-3-7(9)5-8-6-13-10(12)14-8/h2-9,13H,10-12H2,1H3,(H,23,24,25);2-5H,6-7H2,1H3,(H,12,13);1-4,6H,5H2,(H2,12,13). The van der Waals surface area contributed by atoms with E-state index in [2.05, 4.69) is 15.3 Å². The number of hydrogen-bond donors (Lipinski definition) is 3. The molecule has 55 heavy (non-hydrogen) atoms. The van der Waals surface area contributed by atoms with Gasteiger partial charge in [-0.3, -0.25) is 9.59 Å². The molecule has 0 aliphatic heterocycles. The maximum Gasteiger partial charge on any atom is 0.314 e. The van der Waals surface area contributed by atoms with E-state index in [0.717, 1.165) is 85.7 Å². The van der Waals surface area contributed by atoms with E-state index in [0.29, 0.717) is 16.7 Å². The number of halogens is 2. The Morgan fingerprint density at radius 3 is 1.58 bits per heavy atom. The molecular formula is C42H40Cl2N4O5S2. The number of aliphatic carboxylic acids is 1. The Bertz CT molecular complexity index is 2230. The molecule has 2 heterocycles. The third-order valence-electron chi connectivity index (χ3n) is 9.62. The lowest BCUT2D eigenvalue weighted by molar-refractivity contribution is -0.140. The molecular weight excluding hydrogens is 776 g/mol. The lowest BCUT2D eigenvalue weighted by Gasteiger charge is -2.15. The third-order valence-corrected chi connectivity index (χ3v) is 12.1. The van der Waals surface area contributed by atoms with Gasteiger partial charge in [-0.2, -0.15) is 0 Å². The molecule has 4 N–H and O–H groups in total. The van der Waals surface area contributed by atoms with Crippen molar-refractivity contribution in [3.8, 4) is 11.5 Å². The molecule has 0 atom stereocenters. The molecule has 2 aliphatic carbocycles. The fourth-order valence-electron chi connectivity index (χ4n) is 6.07. The van der Waals surface area contributed by atoms with Crippen LogP contribution in [0.3, 0.4) is 0 Å². The zero-order chi connectivity index (χ0) is 39.0. The Kier molecular flexibility index (Phi) is 12.8. The van der Waals surface area contributed by atoms with Crippen LogP contribution in [0, 0.1) is 0 Å². The monoisotopic (exact) mass is 814 g/mol. The number of carboxylic acid groups (broad SMARTS) is 1. The highest BCUT2D eigenvalue weighted by atomic mass is 35.5. The molecule has 2 fully saturated rings. The smallest absolute Gasteiger partial charge is 0.314 e. The van der Waals surface area contributed by atoms with Gasteiger partial charge in [0.05, 0.1) is 25.0 Å². The second-order valence-corrected chi connectivity index (χ2v) is 16.3. The predicted molar refractivity (Wildman–Crippen MR) is 221 cm³/mol. The van der Waals surface area contributed by atoms with E-state index in [-0.39, 0.29) is 5.91 Å². The van der Waals surface area contributed by atoms with Gasteiger partial charge < -0.3 is 25.6 Å². The van der Waals surface area contributed by atoms with Gasteiger partial charge in [-0.25, -0.2) is 9.97 Å². The number of hydrogen-bond acceptors (Lipinski definition) is 9.